The third kappa shape index (κ3) is 8.91. The van der Waals surface area contributed by atoms with Crippen LogP contribution in [0.1, 0.15) is 74.1 Å². The van der Waals surface area contributed by atoms with E-state index >= 15 is 0 Å². The molecule has 6 N–H and O–H groups in total. The van der Waals surface area contributed by atoms with Crippen LogP contribution in [0, 0.1) is 30.6 Å². The predicted molar refractivity (Wildman–Crippen MR) is 220 cm³/mol. The molecule has 2 aromatic rings. The number of nitrogens with one attached hydrogen (secondary N) is 1. The summed E-state index contributed by atoms with van der Waals surface area (Å²) >= 11 is 0. The number of esters is 1. The number of ketones is 1. The minimum absolute atomic E-state index is 0.00936. The number of hydrogen-bond donors (Lipinski definition) is 6. The van der Waals surface area contributed by atoms with Crippen molar-refractivity contribution in [3.63, 3.8) is 0 Å². The minimum Gasteiger partial charge on any atom is -0.507 e. The molecule has 9 atom stereocenters. The summed E-state index contributed by atoms with van der Waals surface area (Å²) in [5.74, 6) is -8.92. The minimum atomic E-state index is -2.30. The molecule has 4 aliphatic rings. The van der Waals surface area contributed by atoms with E-state index in [-0.39, 0.29) is 70.7 Å². The third-order valence-corrected chi connectivity index (χ3v) is 11.6. The van der Waals surface area contributed by atoms with E-state index in [4.69, 9.17) is 23.1 Å². The number of carbonyl (C=O) groups excluding carboxylic acids is 3. The molecule has 16 nitrogen and oxygen atoms in total. The van der Waals surface area contributed by atoms with Crippen LogP contribution in [-0.2, 0) is 23.8 Å². The number of rotatable bonds is 4. The number of nitrogens with zero attached hydrogens (tertiary/aromatic N) is 3. The highest BCUT2D eigenvalue weighted by Gasteiger charge is 2.50. The number of aromatic hydroxyl groups is 3. The number of aliphatic hydroxyl groups is 2. The van der Waals surface area contributed by atoms with Crippen molar-refractivity contribution in [1.29, 1.82) is 0 Å². The summed E-state index contributed by atoms with van der Waals surface area (Å²) in [7, 11) is 1.42. The van der Waals surface area contributed by atoms with E-state index in [0.29, 0.717) is 0 Å². The van der Waals surface area contributed by atoms with Gasteiger partial charge < -0.3 is 54.7 Å². The number of hydrogen-bond acceptors (Lipinski definition) is 15. The number of Topliss-reactive ketones (excluding diaryl/α,β-unsaturated/α-hetero) is 1. The number of likely N-dealkylation sites (N-methyl/N-ethyl adjacent to an activating group) is 1. The first-order valence-corrected chi connectivity index (χ1v) is 19.6. The number of benzene rings is 2. The van der Waals surface area contributed by atoms with Crippen LogP contribution in [0.15, 0.2) is 41.2 Å². The molecule has 1 fully saturated rings. The number of hydrazone groups is 1. The van der Waals surface area contributed by atoms with Crippen molar-refractivity contribution in [2.45, 2.75) is 85.6 Å². The molecule has 2 aromatic carbocycles. The molecular weight excluding hydrogens is 764 g/mol. The van der Waals surface area contributed by atoms with Crippen LogP contribution in [0.3, 0.4) is 0 Å². The Morgan fingerprint density at radius 2 is 1.66 bits per heavy atom. The van der Waals surface area contributed by atoms with E-state index in [1.54, 1.807) is 44.9 Å². The van der Waals surface area contributed by atoms with Crippen LogP contribution in [0.25, 0.3) is 10.8 Å². The summed E-state index contributed by atoms with van der Waals surface area (Å²) in [6.07, 6.45) is 4.45. The van der Waals surface area contributed by atoms with Crippen LogP contribution >= 0.6 is 0 Å². The zero-order valence-electron chi connectivity index (χ0n) is 37.8. The Morgan fingerprint density at radius 3 is 2.29 bits per heavy atom. The number of allylic oxidation sites excluding steroid dienone is 2. The van der Waals surface area contributed by atoms with Crippen molar-refractivity contribution in [3.05, 3.63) is 52.8 Å². The Kier molecular flexibility index (Phi) is 12.4. The van der Waals surface area contributed by atoms with E-state index in [2.05, 4.69) is 10.4 Å². The highest BCUT2D eigenvalue weighted by molar-refractivity contribution is 6.23. The second-order valence-electron chi connectivity index (χ2n) is 15.8. The van der Waals surface area contributed by atoms with Gasteiger partial charge in [-0.25, -0.2) is 0 Å². The predicted octanol–water partition coefficient (Wildman–Crippen LogP) is 4.34. The van der Waals surface area contributed by atoms with Crippen molar-refractivity contribution in [1.82, 2.24) is 9.91 Å². The molecule has 1 amide bonds. The molecule has 1 saturated heterocycles. The average molecular weight is 826 g/mol. The molecule has 0 radical (unpaired) electrons. The lowest BCUT2D eigenvalue weighted by Gasteiger charge is -2.38. The summed E-state index contributed by atoms with van der Waals surface area (Å²) in [6, 6.07) is 0. The molecule has 16 heteroatoms. The van der Waals surface area contributed by atoms with E-state index in [1.165, 1.54) is 58.1 Å². The quantitative estimate of drug-likeness (QED) is 0.109. The van der Waals surface area contributed by atoms with Crippen LogP contribution in [0.2, 0.25) is 0 Å². The Labute approximate surface area is 348 Å². The van der Waals surface area contributed by atoms with Crippen molar-refractivity contribution >= 4 is 40.3 Å². The number of fused-ring (bicyclic) bond motifs is 14. The zero-order valence-corrected chi connectivity index (χ0v) is 34.8. The summed E-state index contributed by atoms with van der Waals surface area (Å²) in [6.45, 7) is 10.7. The summed E-state index contributed by atoms with van der Waals surface area (Å²) in [5, 5.41) is 66.4. The van der Waals surface area contributed by atoms with Gasteiger partial charge in [0.15, 0.2) is 5.75 Å². The van der Waals surface area contributed by atoms with Crippen LogP contribution in [0.4, 0.5) is 5.69 Å². The number of amides is 1. The second kappa shape index (κ2) is 18.0. The first-order valence-electron chi connectivity index (χ1n) is 21.1. The average Bonchev–Trinajstić information content (AvgIpc) is 3.48. The van der Waals surface area contributed by atoms with Gasteiger partial charge in [-0.05, 0) is 26.9 Å². The zero-order chi connectivity index (χ0) is 46.2. The van der Waals surface area contributed by atoms with Gasteiger partial charge in [0.05, 0.1) is 53.0 Å². The molecule has 0 saturated carbocycles. The SMILES string of the molecule is [2H]C([2H])([2H])N1CCN(/N=C/c2c3c(O)c4c(O)c(C)c5c(c4c2O)C(=O)[C@@](C)(O/C=C\[C@H](OC)[C@H](C)[C@@H](OC(C)=O)[C@H](C)[C@H](O)[C@H](C)[C@@H](O)[C@@H](C)/C=C\C=C(\C)C(=O)N3)O5)CC1. The van der Waals surface area contributed by atoms with Gasteiger partial charge in [-0.3, -0.25) is 19.4 Å². The third-order valence-electron chi connectivity index (χ3n) is 11.6. The summed E-state index contributed by atoms with van der Waals surface area (Å²) in [5.41, 5.74) is -0.716. The molecule has 0 spiro atoms. The Morgan fingerprint density at radius 1 is 0.983 bits per heavy atom. The Hall–Kier alpha value is -5.16. The number of anilines is 1. The van der Waals surface area contributed by atoms with Gasteiger partial charge >= 0.3 is 11.8 Å². The van der Waals surface area contributed by atoms with Crippen molar-refractivity contribution < 1.29 is 63.0 Å². The molecule has 6 rings (SSSR count). The molecule has 322 valence electrons. The molecule has 4 heterocycles. The lowest BCUT2D eigenvalue weighted by molar-refractivity contribution is -0.160. The molecule has 0 aliphatic carbocycles. The van der Waals surface area contributed by atoms with Gasteiger partial charge in [-0.1, -0.05) is 45.9 Å². The first kappa shape index (κ1) is 40.6. The fraction of sp³-hybridized carbons (Fsp3) is 0.535. The Balaban J connectivity index is 1.69. The fourth-order valence-corrected chi connectivity index (χ4v) is 7.82. The number of phenols is 3. The topological polar surface area (TPSA) is 220 Å². The monoisotopic (exact) mass is 825 g/mol. The van der Waals surface area contributed by atoms with E-state index in [0.717, 1.165) is 6.21 Å². The number of piperazine rings is 1. The van der Waals surface area contributed by atoms with E-state index < -0.39 is 95.8 Å². The van der Waals surface area contributed by atoms with Gasteiger partial charge in [0.25, 0.3) is 11.7 Å². The largest absolute Gasteiger partial charge is 0.507 e. The lowest BCUT2D eigenvalue weighted by Crippen LogP contribution is -2.46. The maximum absolute atomic E-state index is 14.5. The van der Waals surface area contributed by atoms with Gasteiger partial charge in [-0.2, -0.15) is 5.10 Å². The summed E-state index contributed by atoms with van der Waals surface area (Å²) < 4.78 is 46.7. The maximum atomic E-state index is 14.5. The van der Waals surface area contributed by atoms with E-state index in [1.807, 2.05) is 0 Å². The number of phenolic OH excluding ortho intramolecular Hbond substituents is 3. The number of ether oxygens (including phenoxy) is 4. The molecular formula is C43H58N4O12. The van der Waals surface area contributed by atoms with E-state index in [9.17, 15) is 39.9 Å². The molecule has 59 heavy (non-hydrogen) atoms. The van der Waals surface area contributed by atoms with Crippen molar-refractivity contribution in [2.24, 2.45) is 28.8 Å². The first-order chi connectivity index (χ1) is 28.9. The fourth-order valence-electron chi connectivity index (χ4n) is 7.82. The summed E-state index contributed by atoms with van der Waals surface area (Å²) in [4.78, 5) is 41.9. The Bertz CT molecular complexity index is 2180. The molecule has 4 aliphatic heterocycles. The maximum Gasteiger partial charge on any atom is 0.312 e. The van der Waals surface area contributed by atoms with Gasteiger partial charge in [-0.15, -0.1) is 0 Å². The molecule has 5 bridgehead atoms. The number of aliphatic hydroxyl groups excluding tert-OH is 2. The van der Waals surface area contributed by atoms with Gasteiger partial charge in [0.1, 0.15) is 23.4 Å². The van der Waals surface area contributed by atoms with Crippen LogP contribution in [-0.4, -0.2) is 130 Å². The van der Waals surface area contributed by atoms with Gasteiger partial charge in [0, 0.05) is 91.4 Å². The number of methoxy groups -OCH3 is 1. The normalized spacial score (nSPS) is 33.0. The molecule has 0 unspecified atom stereocenters. The van der Waals surface area contributed by atoms with Crippen molar-refractivity contribution in [2.75, 3.05) is 45.6 Å². The van der Waals surface area contributed by atoms with Gasteiger partial charge in [0.2, 0.25) is 0 Å². The lowest BCUT2D eigenvalue weighted by atomic mass is 9.78. The highest BCUT2D eigenvalue weighted by atomic mass is 16.7. The van der Waals surface area contributed by atoms with Crippen LogP contribution < -0.4 is 10.1 Å². The van der Waals surface area contributed by atoms with Crippen molar-refractivity contribution in [3.8, 4) is 23.0 Å². The highest BCUT2D eigenvalue weighted by Crippen LogP contribution is 2.55. The van der Waals surface area contributed by atoms with Crippen LogP contribution in [0.5, 0.6) is 23.0 Å². The number of carbonyl (C=O) groups is 3. The smallest absolute Gasteiger partial charge is 0.312 e. The molecule has 0 aromatic heterocycles. The standard InChI is InChI=1S/C43H58N4O12/c1-21-12-11-13-22(2)42(55)45-33-28(20-44-47-17-15-46(9)16-18-47)37(52)30-31(38(33)53)36(51)26(6)40-32(30)41(54)43(8,59-40)57-19-14-29(56-10)23(3)39(58-27(7)48)25(5)35(50)24(4)34(21)49/h11-14,19-21,23-25,29,34-35,39,49-53H,15-18H2,1-10H3,(H,45,55)/b12-11-,19-14-,22-13-,44-20+/t21-,23-,24+,25+,29-,34-,35+,39+,43-/m0/s1/i9D3. The second-order valence-corrected chi connectivity index (χ2v) is 15.8.